The molecule has 0 atom stereocenters. The standard InChI is InChI=1S/C12H18S/c1-8(2)10-6-5-7-11(9(3)4)12(10)13/h5-9,13H,1-4H3. The van der Waals surface area contributed by atoms with Crippen LogP contribution in [0.25, 0.3) is 0 Å². The molecule has 0 bridgehead atoms. The van der Waals surface area contributed by atoms with Crippen LogP contribution in [0.3, 0.4) is 0 Å². The molecule has 1 aromatic carbocycles. The molecule has 0 radical (unpaired) electrons. The van der Waals surface area contributed by atoms with E-state index in [0.717, 1.165) is 0 Å². The Balaban J connectivity index is 3.18. The highest BCUT2D eigenvalue weighted by Gasteiger charge is 2.09. The summed E-state index contributed by atoms with van der Waals surface area (Å²) >= 11 is 4.59. The quantitative estimate of drug-likeness (QED) is 0.669. The third kappa shape index (κ3) is 2.28. The Hall–Kier alpha value is -0.430. The van der Waals surface area contributed by atoms with Crippen molar-refractivity contribution < 1.29 is 0 Å². The molecule has 0 saturated carbocycles. The smallest absolute Gasteiger partial charge is 0.0109 e. The van der Waals surface area contributed by atoms with Crippen LogP contribution in [0.2, 0.25) is 0 Å². The highest BCUT2D eigenvalue weighted by molar-refractivity contribution is 7.80. The fourth-order valence-electron chi connectivity index (χ4n) is 1.51. The summed E-state index contributed by atoms with van der Waals surface area (Å²) in [5, 5.41) is 0. The number of hydrogen-bond acceptors (Lipinski definition) is 1. The molecule has 1 aromatic rings. The summed E-state index contributed by atoms with van der Waals surface area (Å²) in [5.74, 6) is 1.12. The molecule has 0 saturated heterocycles. The van der Waals surface area contributed by atoms with Crippen LogP contribution in [0.5, 0.6) is 0 Å². The van der Waals surface area contributed by atoms with Crippen molar-refractivity contribution in [3.8, 4) is 0 Å². The molecule has 0 fully saturated rings. The van der Waals surface area contributed by atoms with Crippen molar-refractivity contribution in [3.05, 3.63) is 29.3 Å². The molecule has 0 aliphatic heterocycles. The highest BCUT2D eigenvalue weighted by atomic mass is 32.1. The first-order valence-corrected chi connectivity index (χ1v) is 5.30. The van der Waals surface area contributed by atoms with Gasteiger partial charge in [0.05, 0.1) is 0 Å². The molecular formula is C12H18S. The van der Waals surface area contributed by atoms with Crippen molar-refractivity contribution in [3.63, 3.8) is 0 Å². The molecule has 0 aliphatic carbocycles. The largest absolute Gasteiger partial charge is 0.143 e. The minimum Gasteiger partial charge on any atom is -0.143 e. The van der Waals surface area contributed by atoms with Gasteiger partial charge in [-0.25, -0.2) is 0 Å². The van der Waals surface area contributed by atoms with E-state index < -0.39 is 0 Å². The fraction of sp³-hybridized carbons (Fsp3) is 0.500. The van der Waals surface area contributed by atoms with Crippen LogP contribution >= 0.6 is 12.6 Å². The maximum absolute atomic E-state index is 4.59. The first-order chi connectivity index (χ1) is 6.04. The Bertz CT molecular complexity index is 261. The van der Waals surface area contributed by atoms with Gasteiger partial charge in [-0.05, 0) is 23.0 Å². The third-order valence-electron chi connectivity index (χ3n) is 2.34. The summed E-state index contributed by atoms with van der Waals surface area (Å²) in [6.45, 7) is 8.83. The summed E-state index contributed by atoms with van der Waals surface area (Å²) in [7, 11) is 0. The molecule has 1 rings (SSSR count). The molecule has 13 heavy (non-hydrogen) atoms. The van der Waals surface area contributed by atoms with Crippen molar-refractivity contribution in [2.24, 2.45) is 0 Å². The SMILES string of the molecule is CC(C)c1cccc(C(C)C)c1S. The normalized spacial score (nSPS) is 11.3. The molecule has 1 heteroatoms. The van der Waals surface area contributed by atoms with Crippen LogP contribution in [0.1, 0.15) is 50.7 Å². The molecule has 0 spiro atoms. The Labute approximate surface area is 86.8 Å². The van der Waals surface area contributed by atoms with Gasteiger partial charge in [0.2, 0.25) is 0 Å². The van der Waals surface area contributed by atoms with E-state index >= 15 is 0 Å². The Morgan fingerprint density at radius 3 is 1.62 bits per heavy atom. The molecule has 0 heterocycles. The van der Waals surface area contributed by atoms with E-state index in [1.54, 1.807) is 0 Å². The van der Waals surface area contributed by atoms with Gasteiger partial charge >= 0.3 is 0 Å². The predicted octanol–water partition coefficient (Wildman–Crippen LogP) is 4.22. The second kappa shape index (κ2) is 4.19. The second-order valence-corrected chi connectivity index (χ2v) is 4.54. The third-order valence-corrected chi connectivity index (χ3v) is 2.86. The first-order valence-electron chi connectivity index (χ1n) is 4.85. The van der Waals surface area contributed by atoms with Crippen LogP contribution in [0.15, 0.2) is 23.1 Å². The Kier molecular flexibility index (Phi) is 3.43. The van der Waals surface area contributed by atoms with Gasteiger partial charge in [-0.15, -0.1) is 12.6 Å². The van der Waals surface area contributed by atoms with E-state index in [9.17, 15) is 0 Å². The van der Waals surface area contributed by atoms with Crippen LogP contribution in [0.4, 0.5) is 0 Å². The minimum absolute atomic E-state index is 0.561. The average Bonchev–Trinajstić information content (AvgIpc) is 2.03. The van der Waals surface area contributed by atoms with E-state index in [1.165, 1.54) is 16.0 Å². The van der Waals surface area contributed by atoms with E-state index in [2.05, 4.69) is 58.5 Å². The lowest BCUT2D eigenvalue weighted by Gasteiger charge is -2.15. The van der Waals surface area contributed by atoms with Gasteiger partial charge < -0.3 is 0 Å². The van der Waals surface area contributed by atoms with Gasteiger partial charge in [0.25, 0.3) is 0 Å². The van der Waals surface area contributed by atoms with E-state index in [1.807, 2.05) is 0 Å². The van der Waals surface area contributed by atoms with E-state index in [4.69, 9.17) is 0 Å². The molecule has 0 aromatic heterocycles. The van der Waals surface area contributed by atoms with Crippen LogP contribution < -0.4 is 0 Å². The molecule has 0 nitrogen and oxygen atoms in total. The number of hydrogen-bond donors (Lipinski definition) is 1. The fourth-order valence-corrected chi connectivity index (χ4v) is 2.18. The topological polar surface area (TPSA) is 0 Å². The lowest BCUT2D eigenvalue weighted by Crippen LogP contribution is -1.96. The average molecular weight is 194 g/mol. The van der Waals surface area contributed by atoms with Crippen molar-refractivity contribution >= 4 is 12.6 Å². The maximum Gasteiger partial charge on any atom is 0.0109 e. The molecule has 0 N–H and O–H groups in total. The monoisotopic (exact) mass is 194 g/mol. The van der Waals surface area contributed by atoms with Gasteiger partial charge in [0.1, 0.15) is 0 Å². The van der Waals surface area contributed by atoms with E-state index in [0.29, 0.717) is 11.8 Å². The molecule has 72 valence electrons. The summed E-state index contributed by atoms with van der Waals surface area (Å²) in [5.41, 5.74) is 2.71. The van der Waals surface area contributed by atoms with Crippen molar-refractivity contribution in [2.45, 2.75) is 44.4 Å². The second-order valence-electron chi connectivity index (χ2n) is 4.09. The highest BCUT2D eigenvalue weighted by Crippen LogP contribution is 2.29. The Morgan fingerprint density at radius 1 is 0.923 bits per heavy atom. The van der Waals surface area contributed by atoms with Gasteiger partial charge in [0, 0.05) is 4.90 Å². The summed E-state index contributed by atoms with van der Waals surface area (Å²) < 4.78 is 0. The van der Waals surface area contributed by atoms with Crippen molar-refractivity contribution in [1.82, 2.24) is 0 Å². The van der Waals surface area contributed by atoms with Crippen molar-refractivity contribution in [2.75, 3.05) is 0 Å². The minimum atomic E-state index is 0.561. The maximum atomic E-state index is 4.59. The summed E-state index contributed by atoms with van der Waals surface area (Å²) in [4.78, 5) is 1.17. The zero-order valence-corrected chi connectivity index (χ0v) is 9.73. The van der Waals surface area contributed by atoms with Crippen LogP contribution in [0, 0.1) is 0 Å². The number of rotatable bonds is 2. The number of thiol groups is 1. The summed E-state index contributed by atoms with van der Waals surface area (Å²) in [6, 6.07) is 6.46. The van der Waals surface area contributed by atoms with Gasteiger partial charge in [-0.2, -0.15) is 0 Å². The predicted molar refractivity (Wildman–Crippen MR) is 61.9 cm³/mol. The lowest BCUT2D eigenvalue weighted by molar-refractivity contribution is 0.795. The Morgan fingerprint density at radius 2 is 1.31 bits per heavy atom. The van der Waals surface area contributed by atoms with Crippen molar-refractivity contribution in [1.29, 1.82) is 0 Å². The molecular weight excluding hydrogens is 176 g/mol. The first kappa shape index (κ1) is 10.6. The lowest BCUT2D eigenvalue weighted by atomic mass is 9.96. The summed E-state index contributed by atoms with van der Waals surface area (Å²) in [6.07, 6.45) is 0. The zero-order chi connectivity index (χ0) is 10.0. The van der Waals surface area contributed by atoms with Gasteiger partial charge in [-0.1, -0.05) is 45.9 Å². The van der Waals surface area contributed by atoms with E-state index in [-0.39, 0.29) is 0 Å². The van der Waals surface area contributed by atoms with Gasteiger partial charge in [0.15, 0.2) is 0 Å². The zero-order valence-electron chi connectivity index (χ0n) is 8.83. The van der Waals surface area contributed by atoms with Gasteiger partial charge in [-0.3, -0.25) is 0 Å². The molecule has 0 amide bonds. The number of benzene rings is 1. The molecule has 0 aliphatic rings. The molecule has 0 unspecified atom stereocenters. The van der Waals surface area contributed by atoms with Crippen LogP contribution in [-0.4, -0.2) is 0 Å². The van der Waals surface area contributed by atoms with Crippen LogP contribution in [-0.2, 0) is 0 Å².